The molecule has 0 saturated carbocycles. The van der Waals surface area contributed by atoms with E-state index in [-0.39, 0.29) is 24.1 Å². The zero-order chi connectivity index (χ0) is 21.7. The van der Waals surface area contributed by atoms with Crippen LogP contribution in [0.1, 0.15) is 31.0 Å². The van der Waals surface area contributed by atoms with E-state index in [4.69, 9.17) is 9.47 Å². The number of carbonyl (C=O) groups is 2. The molecule has 0 aliphatic carbocycles. The van der Waals surface area contributed by atoms with Gasteiger partial charge < -0.3 is 24.8 Å². The van der Waals surface area contributed by atoms with Crippen LogP contribution >= 0.6 is 0 Å². The average molecular weight is 410 g/mol. The fourth-order valence-corrected chi connectivity index (χ4v) is 3.32. The fraction of sp³-hybridized carbons (Fsp3) is 0.304. The van der Waals surface area contributed by atoms with Gasteiger partial charge in [0.2, 0.25) is 0 Å². The van der Waals surface area contributed by atoms with Crippen molar-refractivity contribution in [3.8, 4) is 11.5 Å². The third-order valence-corrected chi connectivity index (χ3v) is 5.06. The molecule has 0 bridgehead atoms. The second-order valence-electron chi connectivity index (χ2n) is 6.97. The van der Waals surface area contributed by atoms with E-state index >= 15 is 0 Å². The summed E-state index contributed by atoms with van der Waals surface area (Å²) in [6.07, 6.45) is 0.597. The number of phenols is 1. The number of hydrogen-bond acceptors (Lipinski definition) is 5. The van der Waals surface area contributed by atoms with Crippen LogP contribution in [0.4, 0.5) is 4.79 Å². The lowest BCUT2D eigenvalue weighted by Crippen LogP contribution is -2.46. The van der Waals surface area contributed by atoms with Crippen molar-refractivity contribution < 1.29 is 24.2 Å². The van der Waals surface area contributed by atoms with Crippen molar-refractivity contribution in [2.75, 3.05) is 20.3 Å². The summed E-state index contributed by atoms with van der Waals surface area (Å²) >= 11 is 0. The summed E-state index contributed by atoms with van der Waals surface area (Å²) < 4.78 is 11.0. The largest absolute Gasteiger partial charge is 0.504 e. The van der Waals surface area contributed by atoms with E-state index in [1.807, 2.05) is 37.3 Å². The third kappa shape index (κ3) is 4.56. The highest BCUT2D eigenvalue weighted by atomic mass is 16.5. The number of aromatic hydroxyl groups is 1. The Bertz CT molecular complexity index is 955. The molecule has 2 N–H and O–H groups in total. The second kappa shape index (κ2) is 9.35. The van der Waals surface area contributed by atoms with Crippen molar-refractivity contribution in [3.63, 3.8) is 0 Å². The van der Waals surface area contributed by atoms with Gasteiger partial charge in [0.15, 0.2) is 11.5 Å². The van der Waals surface area contributed by atoms with Gasteiger partial charge in [-0.3, -0.25) is 0 Å². The van der Waals surface area contributed by atoms with E-state index in [0.29, 0.717) is 29.9 Å². The number of urea groups is 1. The summed E-state index contributed by atoms with van der Waals surface area (Å²) in [5.41, 5.74) is 2.55. The lowest BCUT2D eigenvalue weighted by molar-refractivity contribution is -0.139. The minimum atomic E-state index is -0.710. The number of hydrogen-bond donors (Lipinski definition) is 2. The topological polar surface area (TPSA) is 88.1 Å². The van der Waals surface area contributed by atoms with E-state index in [1.54, 1.807) is 26.1 Å². The Hall–Kier alpha value is -3.48. The fourth-order valence-electron chi connectivity index (χ4n) is 3.32. The predicted octanol–water partition coefficient (Wildman–Crippen LogP) is 3.55. The maximum Gasteiger partial charge on any atom is 0.338 e. The highest BCUT2D eigenvalue weighted by Crippen LogP contribution is 2.35. The predicted molar refractivity (Wildman–Crippen MR) is 112 cm³/mol. The lowest BCUT2D eigenvalue weighted by atomic mass is 9.94. The van der Waals surface area contributed by atoms with Crippen molar-refractivity contribution in [1.29, 1.82) is 0 Å². The smallest absolute Gasteiger partial charge is 0.338 e. The van der Waals surface area contributed by atoms with E-state index in [1.165, 1.54) is 11.0 Å². The van der Waals surface area contributed by atoms with Crippen LogP contribution in [0.3, 0.4) is 0 Å². The number of amides is 2. The van der Waals surface area contributed by atoms with E-state index in [0.717, 1.165) is 5.56 Å². The number of allylic oxidation sites excluding steroid dienone is 1. The monoisotopic (exact) mass is 410 g/mol. The lowest BCUT2D eigenvalue weighted by Gasteiger charge is -2.33. The van der Waals surface area contributed by atoms with E-state index < -0.39 is 12.0 Å². The van der Waals surface area contributed by atoms with Gasteiger partial charge >= 0.3 is 12.0 Å². The van der Waals surface area contributed by atoms with Crippen LogP contribution in [-0.4, -0.2) is 42.3 Å². The van der Waals surface area contributed by atoms with Gasteiger partial charge in [0.25, 0.3) is 0 Å². The van der Waals surface area contributed by atoms with Gasteiger partial charge in [0.05, 0.1) is 24.8 Å². The van der Waals surface area contributed by atoms with Crippen LogP contribution in [-0.2, 0) is 16.0 Å². The molecule has 7 heteroatoms. The number of ether oxygens (including phenoxy) is 2. The molecular weight excluding hydrogens is 384 g/mol. The van der Waals surface area contributed by atoms with Crippen LogP contribution in [0.25, 0.3) is 0 Å². The maximum absolute atomic E-state index is 13.0. The molecule has 3 rings (SSSR count). The number of nitrogens with zero attached hydrogens (tertiary/aromatic N) is 1. The van der Waals surface area contributed by atoms with Crippen LogP contribution in [0.2, 0.25) is 0 Å². The SMILES string of the molecule is CCOc1cc([C@H]2NC(=O)N(C)C(C)=C2C(=O)OCCc2ccccc2)ccc1O. The van der Waals surface area contributed by atoms with Gasteiger partial charge in [-0.1, -0.05) is 36.4 Å². The van der Waals surface area contributed by atoms with Gasteiger partial charge in [-0.15, -0.1) is 0 Å². The zero-order valence-corrected chi connectivity index (χ0v) is 17.3. The number of benzene rings is 2. The second-order valence-corrected chi connectivity index (χ2v) is 6.97. The van der Waals surface area contributed by atoms with E-state index in [9.17, 15) is 14.7 Å². The standard InChI is InChI=1S/C23H26N2O5/c1-4-29-19-14-17(10-11-18(19)26)21-20(15(2)25(3)23(28)24-21)22(27)30-13-12-16-8-6-5-7-9-16/h5-11,14,21,26H,4,12-13H2,1-3H3,(H,24,28)/t21-/m1/s1. The molecule has 1 heterocycles. The quantitative estimate of drug-likeness (QED) is 0.682. The summed E-state index contributed by atoms with van der Waals surface area (Å²) in [7, 11) is 1.60. The Balaban J connectivity index is 1.85. The maximum atomic E-state index is 13.0. The molecule has 2 amide bonds. The normalized spacial score (nSPS) is 16.3. The molecule has 0 aromatic heterocycles. The third-order valence-electron chi connectivity index (χ3n) is 5.06. The van der Waals surface area contributed by atoms with Gasteiger partial charge in [-0.05, 0) is 37.1 Å². The number of esters is 1. The summed E-state index contributed by atoms with van der Waals surface area (Å²) in [5.74, 6) is -0.212. The first kappa shape index (κ1) is 21.2. The van der Waals surface area contributed by atoms with Gasteiger partial charge in [-0.25, -0.2) is 9.59 Å². The van der Waals surface area contributed by atoms with E-state index in [2.05, 4.69) is 5.32 Å². The van der Waals surface area contributed by atoms with Crippen molar-refractivity contribution in [2.45, 2.75) is 26.3 Å². The first-order chi connectivity index (χ1) is 14.4. The molecule has 0 saturated heterocycles. The van der Waals surface area contributed by atoms with Gasteiger partial charge in [0.1, 0.15) is 0 Å². The molecule has 1 atom stereocenters. The molecular formula is C23H26N2O5. The first-order valence-corrected chi connectivity index (χ1v) is 9.84. The Morgan fingerprint density at radius 1 is 1.20 bits per heavy atom. The van der Waals surface area contributed by atoms with Gasteiger partial charge in [-0.2, -0.15) is 0 Å². The Kier molecular flexibility index (Phi) is 6.61. The minimum absolute atomic E-state index is 0.00690. The molecule has 1 aliphatic heterocycles. The molecule has 2 aromatic carbocycles. The summed E-state index contributed by atoms with van der Waals surface area (Å²) in [6.45, 7) is 4.12. The molecule has 0 spiro atoms. The molecule has 30 heavy (non-hydrogen) atoms. The van der Waals surface area contributed by atoms with Crippen molar-refractivity contribution in [1.82, 2.24) is 10.2 Å². The first-order valence-electron chi connectivity index (χ1n) is 9.84. The van der Waals surface area contributed by atoms with Crippen LogP contribution < -0.4 is 10.1 Å². The molecule has 2 aromatic rings. The van der Waals surface area contributed by atoms with Gasteiger partial charge in [0, 0.05) is 19.2 Å². The number of nitrogens with one attached hydrogen (secondary N) is 1. The molecule has 7 nitrogen and oxygen atoms in total. The summed E-state index contributed by atoms with van der Waals surface area (Å²) in [4.78, 5) is 26.7. The zero-order valence-electron chi connectivity index (χ0n) is 17.3. The molecule has 0 radical (unpaired) electrons. The number of carbonyl (C=O) groups excluding carboxylic acids is 2. The molecule has 0 unspecified atom stereocenters. The van der Waals surface area contributed by atoms with Crippen LogP contribution in [0, 0.1) is 0 Å². The highest BCUT2D eigenvalue weighted by molar-refractivity contribution is 5.95. The molecule has 158 valence electrons. The molecule has 1 aliphatic rings. The number of rotatable bonds is 7. The average Bonchev–Trinajstić information content (AvgIpc) is 2.74. The summed E-state index contributed by atoms with van der Waals surface area (Å²) in [5, 5.41) is 12.8. The highest BCUT2D eigenvalue weighted by Gasteiger charge is 2.35. The Labute approximate surface area is 175 Å². The Morgan fingerprint density at radius 3 is 2.63 bits per heavy atom. The van der Waals surface area contributed by atoms with Crippen LogP contribution in [0.5, 0.6) is 11.5 Å². The van der Waals surface area contributed by atoms with Crippen molar-refractivity contribution in [2.24, 2.45) is 0 Å². The van der Waals surface area contributed by atoms with Crippen molar-refractivity contribution in [3.05, 3.63) is 70.9 Å². The van der Waals surface area contributed by atoms with Crippen molar-refractivity contribution >= 4 is 12.0 Å². The minimum Gasteiger partial charge on any atom is -0.504 e. The summed E-state index contributed by atoms with van der Waals surface area (Å²) in [6, 6.07) is 13.5. The Morgan fingerprint density at radius 2 is 1.93 bits per heavy atom. The van der Waals surface area contributed by atoms with Crippen LogP contribution in [0.15, 0.2) is 59.8 Å². The molecule has 0 fully saturated rings. The number of phenolic OH excluding ortho intramolecular Hbond substituents is 1.